The van der Waals surface area contributed by atoms with Gasteiger partial charge in [0.15, 0.2) is 0 Å². The van der Waals surface area contributed by atoms with E-state index in [0.717, 1.165) is 10.4 Å². The minimum absolute atomic E-state index is 0.433. The molecule has 1 aromatic carbocycles. The number of rotatable bonds is 2. The predicted octanol–water partition coefficient (Wildman–Crippen LogP) is 4.35. The molecule has 0 fully saturated rings. The molecule has 0 aliphatic rings. The Labute approximate surface area is 122 Å². The lowest BCUT2D eigenvalue weighted by molar-refractivity contribution is 0.433. The summed E-state index contributed by atoms with van der Waals surface area (Å²) in [5.41, 5.74) is 6.41. The lowest BCUT2D eigenvalue weighted by Crippen LogP contribution is -1.81. The molecule has 3 rings (SSSR count). The maximum atomic E-state index is 5.96. The molecule has 2 N–H and O–H groups in total. The third-order valence-electron chi connectivity index (χ3n) is 2.44. The van der Waals surface area contributed by atoms with Gasteiger partial charge in [0, 0.05) is 5.56 Å². The molecule has 0 aliphatic heterocycles. The van der Waals surface area contributed by atoms with Crippen molar-refractivity contribution in [1.29, 1.82) is 0 Å². The van der Waals surface area contributed by atoms with Gasteiger partial charge in [-0.2, -0.15) is 4.98 Å². The average Bonchev–Trinajstić information content (AvgIpc) is 3.01. The van der Waals surface area contributed by atoms with Crippen molar-refractivity contribution in [3.63, 3.8) is 0 Å². The van der Waals surface area contributed by atoms with Crippen molar-refractivity contribution < 1.29 is 4.52 Å². The van der Waals surface area contributed by atoms with E-state index >= 15 is 0 Å². The molecule has 0 unspecified atom stereocenters. The second-order valence-corrected chi connectivity index (χ2v) is 5.68. The molecular formula is C12H7Cl2N3OS. The molecule has 96 valence electrons. The highest BCUT2D eigenvalue weighted by Gasteiger charge is 2.13. The number of nitrogens with zero attached hydrogens (tertiary/aromatic N) is 2. The molecule has 2 heterocycles. The Morgan fingerprint density at radius 1 is 1.11 bits per heavy atom. The Morgan fingerprint density at radius 2 is 1.95 bits per heavy atom. The second-order valence-electron chi connectivity index (χ2n) is 3.75. The van der Waals surface area contributed by atoms with Gasteiger partial charge in [-0.1, -0.05) is 28.4 Å². The van der Waals surface area contributed by atoms with Crippen LogP contribution in [0.4, 0.5) is 5.00 Å². The Kier molecular flexibility index (Phi) is 3.18. The van der Waals surface area contributed by atoms with E-state index in [4.69, 9.17) is 33.5 Å². The molecule has 0 saturated heterocycles. The molecule has 3 aromatic rings. The van der Waals surface area contributed by atoms with Crippen LogP contribution in [-0.2, 0) is 0 Å². The standard InChI is InChI=1S/C12H7Cl2N3OS/c13-7-2-1-6(5-8(7)14)11-16-12(18-17-11)9-3-4-10(15)19-9/h1-5H,15H2. The summed E-state index contributed by atoms with van der Waals surface area (Å²) in [5.74, 6) is 0.892. The van der Waals surface area contributed by atoms with Crippen LogP contribution >= 0.6 is 34.5 Å². The fraction of sp³-hybridized carbons (Fsp3) is 0. The lowest BCUT2D eigenvalue weighted by Gasteiger charge is -1.97. The van der Waals surface area contributed by atoms with E-state index in [0.29, 0.717) is 26.8 Å². The molecule has 0 atom stereocenters. The van der Waals surface area contributed by atoms with E-state index in [-0.39, 0.29) is 0 Å². The number of hydrogen-bond acceptors (Lipinski definition) is 5. The number of aromatic nitrogens is 2. The number of thiophene rings is 1. The summed E-state index contributed by atoms with van der Waals surface area (Å²) < 4.78 is 5.21. The number of nitrogen functional groups attached to an aromatic ring is 1. The van der Waals surface area contributed by atoms with Crippen molar-refractivity contribution in [2.24, 2.45) is 0 Å². The minimum Gasteiger partial charge on any atom is -0.391 e. The van der Waals surface area contributed by atoms with Crippen LogP contribution in [0.2, 0.25) is 10.0 Å². The summed E-state index contributed by atoms with van der Waals surface area (Å²) in [5, 5.41) is 5.56. The van der Waals surface area contributed by atoms with Crippen LogP contribution in [-0.4, -0.2) is 10.1 Å². The first-order chi connectivity index (χ1) is 9.13. The molecule has 0 radical (unpaired) electrons. The van der Waals surface area contributed by atoms with Crippen LogP contribution in [0.15, 0.2) is 34.9 Å². The van der Waals surface area contributed by atoms with Crippen molar-refractivity contribution in [3.8, 4) is 22.2 Å². The molecule has 0 bridgehead atoms. The van der Waals surface area contributed by atoms with Crippen molar-refractivity contribution in [1.82, 2.24) is 10.1 Å². The first kappa shape index (κ1) is 12.5. The van der Waals surface area contributed by atoms with Gasteiger partial charge in [0.1, 0.15) is 0 Å². The number of nitrogens with two attached hydrogens (primary N) is 1. The molecular weight excluding hydrogens is 305 g/mol. The van der Waals surface area contributed by atoms with Crippen LogP contribution in [0.25, 0.3) is 22.2 Å². The largest absolute Gasteiger partial charge is 0.391 e. The Hall–Kier alpha value is -1.56. The highest BCUT2D eigenvalue weighted by Crippen LogP contribution is 2.31. The van der Waals surface area contributed by atoms with Crippen molar-refractivity contribution in [2.45, 2.75) is 0 Å². The van der Waals surface area contributed by atoms with E-state index in [2.05, 4.69) is 10.1 Å². The summed E-state index contributed by atoms with van der Waals surface area (Å²) in [6.07, 6.45) is 0. The van der Waals surface area contributed by atoms with Crippen LogP contribution in [0.5, 0.6) is 0 Å². The Bertz CT molecular complexity index is 738. The fourth-order valence-electron chi connectivity index (χ4n) is 1.54. The SMILES string of the molecule is Nc1ccc(-c2nc(-c3ccc(Cl)c(Cl)c3)no2)s1. The van der Waals surface area contributed by atoms with Gasteiger partial charge in [0.25, 0.3) is 5.89 Å². The van der Waals surface area contributed by atoms with E-state index in [9.17, 15) is 0 Å². The van der Waals surface area contributed by atoms with Gasteiger partial charge < -0.3 is 10.3 Å². The maximum Gasteiger partial charge on any atom is 0.268 e. The zero-order chi connectivity index (χ0) is 13.4. The second kappa shape index (κ2) is 4.85. The van der Waals surface area contributed by atoms with Gasteiger partial charge in [-0.3, -0.25) is 0 Å². The van der Waals surface area contributed by atoms with Crippen LogP contribution in [0, 0.1) is 0 Å². The average molecular weight is 312 g/mol. The minimum atomic E-state index is 0.433. The third kappa shape index (κ3) is 2.45. The highest BCUT2D eigenvalue weighted by atomic mass is 35.5. The molecule has 0 spiro atoms. The van der Waals surface area contributed by atoms with Crippen LogP contribution in [0.1, 0.15) is 0 Å². The van der Waals surface area contributed by atoms with Gasteiger partial charge in [-0.15, -0.1) is 11.3 Å². The van der Waals surface area contributed by atoms with Gasteiger partial charge in [-0.05, 0) is 30.3 Å². The zero-order valence-electron chi connectivity index (χ0n) is 9.43. The molecule has 7 heteroatoms. The molecule has 0 amide bonds. The van der Waals surface area contributed by atoms with Crippen LogP contribution < -0.4 is 5.73 Å². The third-order valence-corrected chi connectivity index (χ3v) is 4.08. The summed E-state index contributed by atoms with van der Waals surface area (Å²) in [6.45, 7) is 0. The topological polar surface area (TPSA) is 64.9 Å². The lowest BCUT2D eigenvalue weighted by atomic mass is 10.2. The Balaban J connectivity index is 1.98. The molecule has 19 heavy (non-hydrogen) atoms. The number of benzene rings is 1. The normalized spacial score (nSPS) is 10.8. The Morgan fingerprint density at radius 3 is 2.63 bits per heavy atom. The van der Waals surface area contributed by atoms with E-state index in [1.54, 1.807) is 24.3 Å². The quantitative estimate of drug-likeness (QED) is 0.764. The monoisotopic (exact) mass is 311 g/mol. The van der Waals surface area contributed by atoms with E-state index < -0.39 is 0 Å². The summed E-state index contributed by atoms with van der Waals surface area (Å²) in [7, 11) is 0. The van der Waals surface area contributed by atoms with Gasteiger partial charge >= 0.3 is 0 Å². The summed E-state index contributed by atoms with van der Waals surface area (Å²) in [4.78, 5) is 5.14. The van der Waals surface area contributed by atoms with Crippen LogP contribution in [0.3, 0.4) is 0 Å². The van der Waals surface area contributed by atoms with E-state index in [1.165, 1.54) is 11.3 Å². The molecule has 4 nitrogen and oxygen atoms in total. The molecule has 0 aliphatic carbocycles. The number of anilines is 1. The first-order valence-electron chi connectivity index (χ1n) is 5.28. The van der Waals surface area contributed by atoms with E-state index in [1.807, 2.05) is 6.07 Å². The summed E-state index contributed by atoms with van der Waals surface area (Å²) in [6, 6.07) is 8.81. The number of halogens is 2. The highest BCUT2D eigenvalue weighted by molar-refractivity contribution is 7.19. The predicted molar refractivity (Wildman–Crippen MR) is 77.5 cm³/mol. The molecule has 0 saturated carbocycles. The van der Waals surface area contributed by atoms with Crippen molar-refractivity contribution >= 4 is 39.5 Å². The van der Waals surface area contributed by atoms with Gasteiger partial charge in [0.05, 0.1) is 19.9 Å². The zero-order valence-corrected chi connectivity index (χ0v) is 11.8. The fourth-order valence-corrected chi connectivity index (χ4v) is 2.54. The first-order valence-corrected chi connectivity index (χ1v) is 6.85. The van der Waals surface area contributed by atoms with Gasteiger partial charge in [-0.25, -0.2) is 0 Å². The molecule has 2 aromatic heterocycles. The summed E-state index contributed by atoms with van der Waals surface area (Å²) >= 11 is 13.2. The van der Waals surface area contributed by atoms with Crippen molar-refractivity contribution in [2.75, 3.05) is 5.73 Å². The van der Waals surface area contributed by atoms with Gasteiger partial charge in [0.2, 0.25) is 5.82 Å². The number of hydrogen-bond donors (Lipinski definition) is 1. The maximum absolute atomic E-state index is 5.96. The smallest absolute Gasteiger partial charge is 0.268 e. The van der Waals surface area contributed by atoms with Crippen molar-refractivity contribution in [3.05, 3.63) is 40.4 Å².